The summed E-state index contributed by atoms with van der Waals surface area (Å²) in [6.45, 7) is 0. The summed E-state index contributed by atoms with van der Waals surface area (Å²) in [6, 6.07) is 8.74. The second-order valence-electron chi connectivity index (χ2n) is 5.74. The number of allylic oxidation sites excluding steroid dienone is 1. The van der Waals surface area contributed by atoms with E-state index in [1.807, 2.05) is 0 Å². The van der Waals surface area contributed by atoms with Crippen molar-refractivity contribution in [1.82, 2.24) is 14.8 Å². The minimum Gasteiger partial charge on any atom is -0.397 e. The monoisotopic (exact) mass is 412 g/mol. The molecule has 0 spiro atoms. The summed E-state index contributed by atoms with van der Waals surface area (Å²) in [5.74, 6) is -1.86. The van der Waals surface area contributed by atoms with Crippen LogP contribution in [0.4, 0.5) is 18.9 Å². The van der Waals surface area contributed by atoms with Crippen LogP contribution in [0.3, 0.4) is 0 Å². The first-order valence-corrected chi connectivity index (χ1v) is 8.45. The van der Waals surface area contributed by atoms with Crippen LogP contribution in [0.5, 0.6) is 0 Å². The molecule has 2 N–H and O–H groups in total. The van der Waals surface area contributed by atoms with Crippen molar-refractivity contribution < 1.29 is 13.2 Å². The third kappa shape index (κ3) is 4.61. The van der Waals surface area contributed by atoms with Gasteiger partial charge in [0.2, 0.25) is 0 Å². The van der Waals surface area contributed by atoms with Crippen LogP contribution in [-0.2, 0) is 0 Å². The fourth-order valence-corrected chi connectivity index (χ4v) is 3.13. The van der Waals surface area contributed by atoms with E-state index in [1.165, 1.54) is 41.6 Å². The van der Waals surface area contributed by atoms with Gasteiger partial charge in [0.05, 0.1) is 17.3 Å². The fourth-order valence-electron chi connectivity index (χ4n) is 2.59. The SMILES string of the molecule is Nc1cc(C=CC(c2cc(Cl)cc(Cl)c2)C(F)(F)F)ccc1-n1cncn1. The average Bonchev–Trinajstić information content (AvgIpc) is 3.07. The minimum absolute atomic E-state index is 0.0385. The Hall–Kier alpha value is -2.51. The highest BCUT2D eigenvalue weighted by Gasteiger charge is 2.39. The number of nitrogens with zero attached hydrogens (tertiary/aromatic N) is 3. The quantitative estimate of drug-likeness (QED) is 0.574. The Labute approximate surface area is 163 Å². The predicted octanol–water partition coefficient (Wildman–Crippen LogP) is 5.52. The lowest BCUT2D eigenvalue weighted by atomic mass is 9.97. The highest BCUT2D eigenvalue weighted by atomic mass is 35.5. The molecule has 1 aromatic heterocycles. The maximum Gasteiger partial charge on any atom is 0.399 e. The molecule has 9 heteroatoms. The molecule has 3 aromatic rings. The van der Waals surface area contributed by atoms with Gasteiger partial charge in [-0.25, -0.2) is 9.67 Å². The summed E-state index contributed by atoms with van der Waals surface area (Å²) in [4.78, 5) is 3.83. The molecule has 0 amide bonds. The van der Waals surface area contributed by atoms with Crippen LogP contribution in [0.15, 0.2) is 55.1 Å². The zero-order valence-corrected chi connectivity index (χ0v) is 15.2. The molecular formula is C18H13Cl2F3N4. The first-order valence-electron chi connectivity index (χ1n) is 7.69. The van der Waals surface area contributed by atoms with Crippen molar-refractivity contribution in [3.63, 3.8) is 0 Å². The molecule has 0 radical (unpaired) electrons. The number of rotatable bonds is 4. The molecule has 3 rings (SSSR count). The van der Waals surface area contributed by atoms with E-state index in [0.717, 1.165) is 6.08 Å². The van der Waals surface area contributed by atoms with Gasteiger partial charge in [-0.15, -0.1) is 0 Å². The van der Waals surface area contributed by atoms with Gasteiger partial charge in [-0.2, -0.15) is 18.3 Å². The lowest BCUT2D eigenvalue weighted by molar-refractivity contribution is -0.139. The van der Waals surface area contributed by atoms with Gasteiger partial charge < -0.3 is 5.73 Å². The molecule has 1 unspecified atom stereocenters. The van der Waals surface area contributed by atoms with E-state index < -0.39 is 12.1 Å². The Morgan fingerprint density at radius 1 is 1.07 bits per heavy atom. The van der Waals surface area contributed by atoms with E-state index in [9.17, 15) is 13.2 Å². The predicted molar refractivity (Wildman–Crippen MR) is 100 cm³/mol. The highest BCUT2D eigenvalue weighted by Crippen LogP contribution is 2.38. The average molecular weight is 413 g/mol. The van der Waals surface area contributed by atoms with Crippen LogP contribution in [0.25, 0.3) is 11.8 Å². The zero-order chi connectivity index (χ0) is 19.6. The Balaban J connectivity index is 1.92. The van der Waals surface area contributed by atoms with E-state index in [-0.39, 0.29) is 15.6 Å². The number of benzene rings is 2. The molecule has 0 aliphatic carbocycles. The van der Waals surface area contributed by atoms with Crippen LogP contribution >= 0.6 is 23.2 Å². The minimum atomic E-state index is -4.50. The lowest BCUT2D eigenvalue weighted by Gasteiger charge is -2.18. The van der Waals surface area contributed by atoms with Crippen molar-refractivity contribution in [2.24, 2.45) is 0 Å². The first-order chi connectivity index (χ1) is 12.7. The van der Waals surface area contributed by atoms with Gasteiger partial charge in [0, 0.05) is 10.0 Å². The Morgan fingerprint density at radius 3 is 2.33 bits per heavy atom. The molecule has 140 valence electrons. The summed E-state index contributed by atoms with van der Waals surface area (Å²) in [5.41, 5.74) is 7.39. The van der Waals surface area contributed by atoms with E-state index in [0.29, 0.717) is 16.9 Å². The van der Waals surface area contributed by atoms with E-state index in [4.69, 9.17) is 28.9 Å². The lowest BCUT2D eigenvalue weighted by Crippen LogP contribution is -2.18. The molecule has 0 bridgehead atoms. The summed E-state index contributed by atoms with van der Waals surface area (Å²) in [5, 5.41) is 4.25. The number of hydrogen-bond acceptors (Lipinski definition) is 3. The number of aromatic nitrogens is 3. The van der Waals surface area contributed by atoms with Crippen molar-refractivity contribution in [2.75, 3.05) is 5.73 Å². The largest absolute Gasteiger partial charge is 0.399 e. The topological polar surface area (TPSA) is 56.7 Å². The molecular weight excluding hydrogens is 400 g/mol. The zero-order valence-electron chi connectivity index (χ0n) is 13.7. The summed E-state index contributed by atoms with van der Waals surface area (Å²) >= 11 is 11.7. The van der Waals surface area contributed by atoms with Crippen molar-refractivity contribution in [3.05, 3.63) is 76.3 Å². The number of hydrogen-bond donors (Lipinski definition) is 1. The summed E-state index contributed by atoms with van der Waals surface area (Å²) in [7, 11) is 0. The third-order valence-electron chi connectivity index (χ3n) is 3.79. The van der Waals surface area contributed by atoms with Crippen LogP contribution < -0.4 is 5.73 Å². The van der Waals surface area contributed by atoms with Crippen LogP contribution in [-0.4, -0.2) is 20.9 Å². The van der Waals surface area contributed by atoms with Gasteiger partial charge in [0.25, 0.3) is 0 Å². The van der Waals surface area contributed by atoms with Crippen molar-refractivity contribution >= 4 is 35.0 Å². The van der Waals surface area contributed by atoms with Crippen molar-refractivity contribution in [2.45, 2.75) is 12.1 Å². The van der Waals surface area contributed by atoms with Crippen molar-refractivity contribution in [3.8, 4) is 5.69 Å². The van der Waals surface area contributed by atoms with Gasteiger partial charge in [-0.3, -0.25) is 0 Å². The standard InChI is InChI=1S/C18H13Cl2F3N4/c19-13-6-12(7-14(20)8-13)15(18(21,22)23)3-1-11-2-4-17(16(24)5-11)27-10-25-9-26-27/h1-10,15H,24H2. The second-order valence-corrected chi connectivity index (χ2v) is 6.61. The molecule has 0 aliphatic rings. The summed E-state index contributed by atoms with van der Waals surface area (Å²) in [6.07, 6.45) is 0.734. The normalized spacial score (nSPS) is 13.2. The van der Waals surface area contributed by atoms with Gasteiger partial charge in [0.15, 0.2) is 0 Å². The number of halogens is 5. The van der Waals surface area contributed by atoms with E-state index in [1.54, 1.807) is 18.2 Å². The molecule has 2 aromatic carbocycles. The Bertz CT molecular complexity index is 949. The number of alkyl halides is 3. The van der Waals surface area contributed by atoms with Crippen LogP contribution in [0.1, 0.15) is 17.0 Å². The molecule has 0 aliphatic heterocycles. The maximum absolute atomic E-state index is 13.5. The maximum atomic E-state index is 13.5. The smallest absolute Gasteiger partial charge is 0.397 e. The van der Waals surface area contributed by atoms with E-state index in [2.05, 4.69) is 10.1 Å². The van der Waals surface area contributed by atoms with Gasteiger partial charge in [-0.05, 0) is 41.5 Å². The first kappa shape index (κ1) is 19.3. The Kier molecular flexibility index (Phi) is 5.43. The van der Waals surface area contributed by atoms with E-state index >= 15 is 0 Å². The molecule has 0 saturated carbocycles. The third-order valence-corrected chi connectivity index (χ3v) is 4.23. The highest BCUT2D eigenvalue weighted by molar-refractivity contribution is 6.34. The Morgan fingerprint density at radius 2 is 1.78 bits per heavy atom. The van der Waals surface area contributed by atoms with Gasteiger partial charge >= 0.3 is 6.18 Å². The fraction of sp³-hybridized carbons (Fsp3) is 0.111. The molecule has 1 heterocycles. The van der Waals surface area contributed by atoms with Gasteiger partial charge in [-0.1, -0.05) is 41.4 Å². The number of anilines is 1. The number of nitrogens with two attached hydrogens (primary N) is 1. The van der Waals surface area contributed by atoms with Crippen LogP contribution in [0, 0.1) is 0 Å². The number of nitrogen functional groups attached to an aromatic ring is 1. The molecule has 4 nitrogen and oxygen atoms in total. The van der Waals surface area contributed by atoms with Crippen molar-refractivity contribution in [1.29, 1.82) is 0 Å². The van der Waals surface area contributed by atoms with Crippen LogP contribution in [0.2, 0.25) is 10.0 Å². The molecule has 27 heavy (non-hydrogen) atoms. The summed E-state index contributed by atoms with van der Waals surface area (Å²) < 4.78 is 42.0. The van der Waals surface area contributed by atoms with Gasteiger partial charge in [0.1, 0.15) is 12.7 Å². The molecule has 1 atom stereocenters. The second kappa shape index (κ2) is 7.62. The molecule has 0 fully saturated rings. The molecule has 0 saturated heterocycles.